The molecule has 0 fully saturated rings. The molecule has 0 radical (unpaired) electrons. The van der Waals surface area contributed by atoms with Crippen molar-refractivity contribution in [2.45, 2.75) is 26.9 Å². The lowest BCUT2D eigenvalue weighted by molar-refractivity contribution is -0.116. The molecule has 0 spiro atoms. The van der Waals surface area contributed by atoms with Crippen molar-refractivity contribution in [1.82, 2.24) is 9.36 Å². The fourth-order valence-corrected chi connectivity index (χ4v) is 4.03. The number of hydrogen-bond acceptors (Lipinski definition) is 7. The standard InChI is InChI=1S/C18H15F2N3O3S2/c1-9(24)6-15-21-18(28-23-15)22-16(25)13-8-14(27-10(13)2)11-4-3-5-12(7-11)26-17(19)20/h3-5,7-8,17H,6H2,1-2H3,(H,21,22,23,25). The summed E-state index contributed by atoms with van der Waals surface area (Å²) in [7, 11) is 0. The predicted octanol–water partition coefficient (Wildman–Crippen LogP) is 4.56. The molecule has 10 heteroatoms. The second-order valence-electron chi connectivity index (χ2n) is 5.84. The van der Waals surface area contributed by atoms with Gasteiger partial charge in [-0.15, -0.1) is 11.3 Å². The van der Waals surface area contributed by atoms with Gasteiger partial charge < -0.3 is 4.74 Å². The van der Waals surface area contributed by atoms with Crippen LogP contribution in [0.4, 0.5) is 13.9 Å². The van der Waals surface area contributed by atoms with Crippen LogP contribution in [0, 0.1) is 6.92 Å². The highest BCUT2D eigenvalue weighted by Gasteiger charge is 2.17. The second kappa shape index (κ2) is 8.53. The maximum Gasteiger partial charge on any atom is 0.387 e. The van der Waals surface area contributed by atoms with Gasteiger partial charge in [0.15, 0.2) is 5.82 Å². The van der Waals surface area contributed by atoms with Crippen molar-refractivity contribution in [2.75, 3.05) is 5.32 Å². The highest BCUT2D eigenvalue weighted by Crippen LogP contribution is 2.33. The van der Waals surface area contributed by atoms with E-state index in [1.807, 2.05) is 0 Å². The van der Waals surface area contributed by atoms with Crippen molar-refractivity contribution in [3.05, 3.63) is 46.6 Å². The SMILES string of the molecule is CC(=O)Cc1nsc(NC(=O)c2cc(-c3cccc(OC(F)F)c3)sc2C)n1. The lowest BCUT2D eigenvalue weighted by Crippen LogP contribution is -2.12. The van der Waals surface area contributed by atoms with Gasteiger partial charge in [-0.1, -0.05) is 12.1 Å². The number of rotatable bonds is 7. The maximum atomic E-state index is 12.6. The van der Waals surface area contributed by atoms with E-state index in [4.69, 9.17) is 0 Å². The molecule has 1 N–H and O–H groups in total. The fraction of sp³-hybridized carbons (Fsp3) is 0.222. The average Bonchev–Trinajstić information content (AvgIpc) is 3.20. The van der Waals surface area contributed by atoms with Crippen molar-refractivity contribution in [3.63, 3.8) is 0 Å². The summed E-state index contributed by atoms with van der Waals surface area (Å²) in [4.78, 5) is 29.3. The third-order valence-electron chi connectivity index (χ3n) is 3.60. The van der Waals surface area contributed by atoms with Crippen LogP contribution in [0.3, 0.4) is 0 Å². The zero-order valence-electron chi connectivity index (χ0n) is 14.9. The Kier molecular flexibility index (Phi) is 6.10. The first kappa shape index (κ1) is 20.0. The number of ketones is 1. The van der Waals surface area contributed by atoms with E-state index in [1.54, 1.807) is 25.1 Å². The Labute approximate surface area is 167 Å². The Morgan fingerprint density at radius 2 is 2.07 bits per heavy atom. The number of ether oxygens (including phenoxy) is 1. The van der Waals surface area contributed by atoms with Crippen LogP contribution < -0.4 is 10.1 Å². The van der Waals surface area contributed by atoms with Crippen molar-refractivity contribution in [3.8, 4) is 16.2 Å². The van der Waals surface area contributed by atoms with Crippen LogP contribution in [-0.2, 0) is 11.2 Å². The molecule has 28 heavy (non-hydrogen) atoms. The Balaban J connectivity index is 1.77. The number of amides is 1. The number of carbonyl (C=O) groups excluding carboxylic acids is 2. The predicted molar refractivity (Wildman–Crippen MR) is 103 cm³/mol. The van der Waals surface area contributed by atoms with E-state index in [9.17, 15) is 18.4 Å². The molecule has 0 bridgehead atoms. The van der Waals surface area contributed by atoms with Gasteiger partial charge in [0.25, 0.3) is 5.91 Å². The van der Waals surface area contributed by atoms with Gasteiger partial charge in [-0.2, -0.15) is 13.2 Å². The number of anilines is 1. The van der Waals surface area contributed by atoms with Crippen molar-refractivity contribution < 1.29 is 23.1 Å². The molecule has 6 nitrogen and oxygen atoms in total. The first-order chi connectivity index (χ1) is 13.3. The summed E-state index contributed by atoms with van der Waals surface area (Å²) in [6.45, 7) is 0.335. The van der Waals surface area contributed by atoms with Gasteiger partial charge in [0.2, 0.25) is 5.13 Å². The molecule has 0 aliphatic heterocycles. The number of Topliss-reactive ketones (excluding diaryl/α,β-unsaturated/α-hetero) is 1. The van der Waals surface area contributed by atoms with Crippen LogP contribution in [0.2, 0.25) is 0 Å². The number of alkyl halides is 2. The third-order valence-corrected chi connectivity index (χ3v) is 5.37. The first-order valence-corrected chi connectivity index (χ1v) is 9.70. The minimum atomic E-state index is -2.90. The van der Waals surface area contributed by atoms with Crippen LogP contribution >= 0.6 is 22.9 Å². The summed E-state index contributed by atoms with van der Waals surface area (Å²) >= 11 is 2.37. The Hall–Kier alpha value is -2.72. The van der Waals surface area contributed by atoms with Crippen LogP contribution in [0.5, 0.6) is 5.75 Å². The lowest BCUT2D eigenvalue weighted by atomic mass is 10.1. The van der Waals surface area contributed by atoms with Crippen LogP contribution in [0.15, 0.2) is 30.3 Å². The average molecular weight is 423 g/mol. The molecular formula is C18H15F2N3O3S2. The number of carbonyl (C=O) groups is 2. The Bertz CT molecular complexity index is 1020. The van der Waals surface area contributed by atoms with Gasteiger partial charge in [0.1, 0.15) is 11.5 Å². The summed E-state index contributed by atoms with van der Waals surface area (Å²) in [5, 5.41) is 2.98. The topological polar surface area (TPSA) is 81.2 Å². The number of nitrogens with zero attached hydrogens (tertiary/aromatic N) is 2. The quantitative estimate of drug-likeness (QED) is 0.603. The molecule has 0 saturated carbocycles. The molecule has 2 aromatic heterocycles. The minimum Gasteiger partial charge on any atom is -0.435 e. The van der Waals surface area contributed by atoms with E-state index in [0.717, 1.165) is 21.3 Å². The summed E-state index contributed by atoms with van der Waals surface area (Å²) < 4.78 is 33.3. The molecule has 1 aromatic carbocycles. The largest absolute Gasteiger partial charge is 0.435 e. The van der Waals surface area contributed by atoms with Crippen molar-refractivity contribution in [1.29, 1.82) is 0 Å². The number of aryl methyl sites for hydroxylation is 1. The fourth-order valence-electron chi connectivity index (χ4n) is 2.44. The molecule has 0 atom stereocenters. The summed E-state index contributed by atoms with van der Waals surface area (Å²) in [6.07, 6.45) is 0.116. The molecule has 0 aliphatic rings. The van der Waals surface area contributed by atoms with Gasteiger partial charge in [-0.3, -0.25) is 14.9 Å². The second-order valence-corrected chi connectivity index (χ2v) is 7.84. The first-order valence-electron chi connectivity index (χ1n) is 8.11. The van der Waals surface area contributed by atoms with E-state index in [-0.39, 0.29) is 23.9 Å². The number of aromatic nitrogens is 2. The normalized spacial score (nSPS) is 10.9. The van der Waals surface area contributed by atoms with Crippen LogP contribution in [0.1, 0.15) is 28.0 Å². The van der Waals surface area contributed by atoms with Gasteiger partial charge >= 0.3 is 6.61 Å². The molecule has 2 heterocycles. The van der Waals surface area contributed by atoms with Crippen LogP contribution in [-0.4, -0.2) is 27.7 Å². The minimum absolute atomic E-state index is 0.0522. The van der Waals surface area contributed by atoms with E-state index in [0.29, 0.717) is 22.1 Å². The third kappa shape index (κ3) is 4.96. The Morgan fingerprint density at radius 3 is 2.79 bits per heavy atom. The van der Waals surface area contributed by atoms with E-state index < -0.39 is 6.61 Å². The number of thiophene rings is 1. The molecule has 3 rings (SSSR count). The number of benzene rings is 1. The van der Waals surface area contributed by atoms with Crippen molar-refractivity contribution in [2.24, 2.45) is 0 Å². The molecule has 3 aromatic rings. The molecule has 0 unspecified atom stereocenters. The molecule has 1 amide bonds. The van der Waals surface area contributed by atoms with Gasteiger partial charge in [-0.05, 0) is 37.6 Å². The Morgan fingerprint density at radius 1 is 1.29 bits per heavy atom. The maximum absolute atomic E-state index is 12.6. The summed E-state index contributed by atoms with van der Waals surface area (Å²) in [6, 6.07) is 7.99. The zero-order valence-corrected chi connectivity index (χ0v) is 16.5. The highest BCUT2D eigenvalue weighted by molar-refractivity contribution is 7.15. The zero-order chi connectivity index (χ0) is 20.3. The summed E-state index contributed by atoms with van der Waals surface area (Å²) in [5.41, 5.74) is 1.12. The monoisotopic (exact) mass is 423 g/mol. The molecular weight excluding hydrogens is 408 g/mol. The van der Waals surface area contributed by atoms with E-state index in [2.05, 4.69) is 19.4 Å². The molecule has 0 saturated heterocycles. The number of nitrogens with one attached hydrogen (secondary N) is 1. The van der Waals surface area contributed by atoms with Gasteiger partial charge in [0.05, 0.1) is 12.0 Å². The van der Waals surface area contributed by atoms with E-state index in [1.165, 1.54) is 30.4 Å². The van der Waals surface area contributed by atoms with E-state index >= 15 is 0 Å². The van der Waals surface area contributed by atoms with Gasteiger partial charge in [-0.25, -0.2) is 4.98 Å². The van der Waals surface area contributed by atoms with Crippen LogP contribution in [0.25, 0.3) is 10.4 Å². The number of hydrogen-bond donors (Lipinski definition) is 1. The molecule has 0 aliphatic carbocycles. The number of halogens is 2. The van der Waals surface area contributed by atoms with Gasteiger partial charge in [0, 0.05) is 21.3 Å². The molecule has 146 valence electrons. The van der Waals surface area contributed by atoms with Crippen molar-refractivity contribution >= 4 is 39.7 Å². The smallest absolute Gasteiger partial charge is 0.387 e. The highest BCUT2D eigenvalue weighted by atomic mass is 32.1. The lowest BCUT2D eigenvalue weighted by Gasteiger charge is -2.05. The summed E-state index contributed by atoms with van der Waals surface area (Å²) in [5.74, 6) is 0.000323.